The van der Waals surface area contributed by atoms with Gasteiger partial charge in [0.25, 0.3) is 0 Å². The highest BCUT2D eigenvalue weighted by molar-refractivity contribution is 6.05. The summed E-state index contributed by atoms with van der Waals surface area (Å²) >= 11 is 0. The van der Waals surface area contributed by atoms with Gasteiger partial charge in [0.15, 0.2) is 0 Å². The van der Waals surface area contributed by atoms with Crippen LogP contribution >= 0.6 is 0 Å². The van der Waals surface area contributed by atoms with Crippen LogP contribution in [0, 0.1) is 0 Å². The van der Waals surface area contributed by atoms with Crippen molar-refractivity contribution in [1.82, 2.24) is 9.55 Å². The van der Waals surface area contributed by atoms with Gasteiger partial charge in [-0.3, -0.25) is 4.57 Å². The summed E-state index contributed by atoms with van der Waals surface area (Å²) in [5.74, 6) is 0.864. The lowest BCUT2D eigenvalue weighted by Crippen LogP contribution is -2.31. The molecule has 1 aliphatic heterocycles. The molecule has 0 radical (unpaired) electrons. The van der Waals surface area contributed by atoms with E-state index < -0.39 is 0 Å². The van der Waals surface area contributed by atoms with E-state index >= 15 is 0 Å². The Bertz CT molecular complexity index is 833. The van der Waals surface area contributed by atoms with E-state index in [1.807, 2.05) is 30.5 Å². The zero-order valence-electron chi connectivity index (χ0n) is 12.8. The zero-order chi connectivity index (χ0) is 15.8. The van der Waals surface area contributed by atoms with Crippen LogP contribution in [0.5, 0.6) is 0 Å². The van der Waals surface area contributed by atoms with Gasteiger partial charge in [-0.05, 0) is 25.0 Å². The van der Waals surface area contributed by atoms with E-state index in [9.17, 15) is 4.79 Å². The van der Waals surface area contributed by atoms with Gasteiger partial charge in [-0.15, -0.1) is 0 Å². The van der Waals surface area contributed by atoms with E-state index in [1.165, 1.54) is 6.42 Å². The monoisotopic (exact) mass is 309 g/mol. The van der Waals surface area contributed by atoms with Gasteiger partial charge in [0.2, 0.25) is 0 Å². The molecule has 1 aromatic heterocycles. The van der Waals surface area contributed by atoms with Crippen LogP contribution in [0.3, 0.4) is 0 Å². The maximum atomic E-state index is 12.5. The third-order valence-electron chi connectivity index (χ3n) is 4.59. The number of aliphatic imine (C=N–C) groups is 1. The Morgan fingerprint density at radius 3 is 2.78 bits per heavy atom. The molecule has 4 rings (SSSR count). The third-order valence-corrected chi connectivity index (χ3v) is 4.59. The molecule has 3 N–H and O–H groups in total. The van der Waals surface area contributed by atoms with Crippen molar-refractivity contribution in [3.05, 3.63) is 46.5 Å². The molecule has 6 nitrogen and oxygen atoms in total. The second-order valence-corrected chi connectivity index (χ2v) is 6.12. The standard InChI is InChI=1S/C17H19N5O/c18-15-12-10-22(11-6-2-1-3-7-11)17(23)21-16(12)20-14-9-5-4-8-13(14)19-15/h4-5,8-11H,1-3,6-7H2,(H2,18,19)(H,20,21,23). The number of benzene rings is 1. The van der Waals surface area contributed by atoms with Crippen molar-refractivity contribution >= 4 is 23.0 Å². The van der Waals surface area contributed by atoms with Crippen molar-refractivity contribution in [2.45, 2.75) is 38.1 Å². The van der Waals surface area contributed by atoms with Gasteiger partial charge in [0.1, 0.15) is 11.7 Å². The first-order valence-corrected chi connectivity index (χ1v) is 8.06. The number of amidine groups is 1. The molecule has 118 valence electrons. The first-order chi connectivity index (χ1) is 11.2. The summed E-state index contributed by atoms with van der Waals surface area (Å²) in [6, 6.07) is 7.81. The lowest BCUT2D eigenvalue weighted by atomic mass is 9.95. The Balaban J connectivity index is 1.82. The van der Waals surface area contributed by atoms with Crippen molar-refractivity contribution in [3.63, 3.8) is 0 Å². The predicted octanol–water partition coefficient (Wildman–Crippen LogP) is 2.84. The zero-order valence-corrected chi connectivity index (χ0v) is 12.8. The molecule has 6 heteroatoms. The second kappa shape index (κ2) is 5.53. The van der Waals surface area contributed by atoms with Gasteiger partial charge in [0.05, 0.1) is 16.9 Å². The number of anilines is 2. The largest absolute Gasteiger partial charge is 0.383 e. The smallest absolute Gasteiger partial charge is 0.349 e. The summed E-state index contributed by atoms with van der Waals surface area (Å²) in [7, 11) is 0. The van der Waals surface area contributed by atoms with Gasteiger partial charge in [0, 0.05) is 12.2 Å². The van der Waals surface area contributed by atoms with E-state index in [4.69, 9.17) is 5.73 Å². The molecule has 0 spiro atoms. The van der Waals surface area contributed by atoms with Gasteiger partial charge < -0.3 is 11.1 Å². The van der Waals surface area contributed by atoms with Crippen LogP contribution in [-0.4, -0.2) is 15.4 Å². The summed E-state index contributed by atoms with van der Waals surface area (Å²) < 4.78 is 1.73. The van der Waals surface area contributed by atoms with Crippen LogP contribution < -0.4 is 16.7 Å². The minimum atomic E-state index is -0.227. The normalized spacial score (nSPS) is 17.5. The molecular formula is C17H19N5O. The quantitative estimate of drug-likeness (QED) is 0.848. The summed E-state index contributed by atoms with van der Waals surface area (Å²) in [5.41, 5.74) is 8.18. The number of nitrogens with one attached hydrogen (secondary N) is 1. The van der Waals surface area contributed by atoms with Gasteiger partial charge in [-0.25, -0.2) is 9.79 Å². The number of hydrogen-bond acceptors (Lipinski definition) is 5. The van der Waals surface area contributed by atoms with E-state index in [2.05, 4.69) is 15.3 Å². The number of aromatic nitrogens is 2. The number of fused-ring (bicyclic) bond motifs is 2. The highest BCUT2D eigenvalue weighted by atomic mass is 16.1. The first-order valence-electron chi connectivity index (χ1n) is 8.06. The third kappa shape index (κ3) is 2.50. The maximum Gasteiger partial charge on any atom is 0.349 e. The lowest BCUT2D eigenvalue weighted by molar-refractivity contribution is 0.342. The van der Waals surface area contributed by atoms with Crippen molar-refractivity contribution < 1.29 is 0 Å². The maximum absolute atomic E-state index is 12.5. The van der Waals surface area contributed by atoms with Crippen LogP contribution in [0.15, 0.2) is 40.2 Å². The number of hydrogen-bond donors (Lipinski definition) is 2. The van der Waals surface area contributed by atoms with Crippen LogP contribution in [0.1, 0.15) is 43.7 Å². The molecule has 1 aromatic carbocycles. The van der Waals surface area contributed by atoms with E-state index in [0.717, 1.165) is 37.1 Å². The van der Waals surface area contributed by atoms with Crippen LogP contribution in [0.2, 0.25) is 0 Å². The fourth-order valence-electron chi connectivity index (χ4n) is 3.37. The molecule has 2 heterocycles. The van der Waals surface area contributed by atoms with E-state index in [-0.39, 0.29) is 11.7 Å². The fourth-order valence-corrected chi connectivity index (χ4v) is 3.37. The fraction of sp³-hybridized carbons (Fsp3) is 0.353. The molecule has 0 saturated heterocycles. The first kappa shape index (κ1) is 14.0. The summed E-state index contributed by atoms with van der Waals surface area (Å²) in [6.07, 6.45) is 7.40. The Labute approximate surface area is 134 Å². The Kier molecular flexibility index (Phi) is 3.37. The SMILES string of the molecule is NC1=Nc2ccccc2Nc2nc(=O)n(C3CCCCC3)cc21. The average molecular weight is 309 g/mol. The minimum Gasteiger partial charge on any atom is -0.383 e. The van der Waals surface area contributed by atoms with Crippen molar-refractivity contribution in [2.75, 3.05) is 5.32 Å². The molecule has 23 heavy (non-hydrogen) atoms. The molecule has 1 fully saturated rings. The molecule has 2 aliphatic rings. The van der Waals surface area contributed by atoms with Crippen LogP contribution in [0.4, 0.5) is 17.2 Å². The molecule has 0 unspecified atom stereocenters. The summed E-state index contributed by atoms with van der Waals surface area (Å²) in [6.45, 7) is 0. The Morgan fingerprint density at radius 1 is 1.17 bits per heavy atom. The van der Waals surface area contributed by atoms with E-state index in [0.29, 0.717) is 17.2 Å². The van der Waals surface area contributed by atoms with E-state index in [1.54, 1.807) is 4.57 Å². The number of nitrogens with zero attached hydrogens (tertiary/aromatic N) is 3. The summed E-state index contributed by atoms with van der Waals surface area (Å²) in [5, 5.41) is 3.19. The predicted molar refractivity (Wildman–Crippen MR) is 90.7 cm³/mol. The number of nitrogens with two attached hydrogens (primary N) is 1. The van der Waals surface area contributed by atoms with Crippen LogP contribution in [0.25, 0.3) is 0 Å². The minimum absolute atomic E-state index is 0.215. The Hall–Kier alpha value is -2.63. The molecule has 2 aromatic rings. The van der Waals surface area contributed by atoms with Crippen molar-refractivity contribution in [2.24, 2.45) is 10.7 Å². The molecule has 0 bridgehead atoms. The number of rotatable bonds is 1. The number of para-hydroxylation sites is 2. The molecule has 1 saturated carbocycles. The van der Waals surface area contributed by atoms with Gasteiger partial charge in [-0.2, -0.15) is 4.98 Å². The van der Waals surface area contributed by atoms with Gasteiger partial charge in [-0.1, -0.05) is 31.4 Å². The highest BCUT2D eigenvalue weighted by Gasteiger charge is 2.22. The molecule has 1 aliphatic carbocycles. The van der Waals surface area contributed by atoms with Crippen molar-refractivity contribution in [1.29, 1.82) is 0 Å². The van der Waals surface area contributed by atoms with Crippen LogP contribution in [-0.2, 0) is 0 Å². The lowest BCUT2D eigenvalue weighted by Gasteiger charge is -2.24. The topological polar surface area (TPSA) is 85.3 Å². The molecule has 0 amide bonds. The summed E-state index contributed by atoms with van der Waals surface area (Å²) in [4.78, 5) is 21.2. The Morgan fingerprint density at radius 2 is 1.96 bits per heavy atom. The molecule has 0 atom stereocenters. The molecular weight excluding hydrogens is 290 g/mol. The van der Waals surface area contributed by atoms with Crippen molar-refractivity contribution in [3.8, 4) is 0 Å². The average Bonchev–Trinajstić information content (AvgIpc) is 2.70. The second-order valence-electron chi connectivity index (χ2n) is 6.12. The highest BCUT2D eigenvalue weighted by Crippen LogP contribution is 2.32. The van der Waals surface area contributed by atoms with Gasteiger partial charge >= 0.3 is 5.69 Å².